The van der Waals surface area contributed by atoms with Crippen LogP contribution in [0.15, 0.2) is 30.3 Å². The molecule has 0 saturated carbocycles. The SMILES string of the molecule is [C-]#[N+]c1c(Cl)nc(Cl)nc1-c1ccccc1. The number of nitrogens with zero attached hydrogens (tertiary/aromatic N) is 3. The lowest BCUT2D eigenvalue weighted by molar-refractivity contribution is 1.18. The van der Waals surface area contributed by atoms with E-state index in [1.165, 1.54) is 0 Å². The van der Waals surface area contributed by atoms with Crippen LogP contribution in [0.3, 0.4) is 0 Å². The van der Waals surface area contributed by atoms with Gasteiger partial charge in [0, 0.05) is 0 Å². The molecule has 0 bridgehead atoms. The lowest BCUT2D eigenvalue weighted by Crippen LogP contribution is -1.89. The van der Waals surface area contributed by atoms with Crippen LogP contribution in [0.2, 0.25) is 10.4 Å². The fraction of sp³-hybridized carbons (Fsp3) is 0. The fourth-order valence-electron chi connectivity index (χ4n) is 1.30. The molecule has 0 aliphatic heterocycles. The molecule has 0 saturated heterocycles. The topological polar surface area (TPSA) is 30.1 Å². The highest BCUT2D eigenvalue weighted by atomic mass is 35.5. The van der Waals surface area contributed by atoms with Crippen LogP contribution < -0.4 is 0 Å². The molecule has 3 nitrogen and oxygen atoms in total. The Labute approximate surface area is 103 Å². The molecule has 0 unspecified atom stereocenters. The smallest absolute Gasteiger partial charge is 0.233 e. The number of aromatic nitrogens is 2. The van der Waals surface area contributed by atoms with Crippen LogP contribution in [0.25, 0.3) is 16.1 Å². The molecule has 5 heteroatoms. The zero-order valence-corrected chi connectivity index (χ0v) is 9.50. The van der Waals surface area contributed by atoms with Crippen LogP contribution in [0.1, 0.15) is 0 Å². The number of hydrogen-bond acceptors (Lipinski definition) is 2. The maximum Gasteiger partial charge on any atom is 0.249 e. The van der Waals surface area contributed by atoms with Gasteiger partial charge in [0.1, 0.15) is 5.15 Å². The Kier molecular flexibility index (Phi) is 3.04. The van der Waals surface area contributed by atoms with Crippen LogP contribution in [0, 0.1) is 6.57 Å². The third-order valence-electron chi connectivity index (χ3n) is 1.97. The van der Waals surface area contributed by atoms with E-state index in [-0.39, 0.29) is 16.1 Å². The molecule has 16 heavy (non-hydrogen) atoms. The summed E-state index contributed by atoms with van der Waals surface area (Å²) in [5.74, 6) is 0. The standard InChI is InChI=1S/C11H5Cl2N3/c1-14-9-8(7-5-3-2-4-6-7)15-11(13)16-10(9)12/h2-6H. The van der Waals surface area contributed by atoms with Crippen molar-refractivity contribution in [1.29, 1.82) is 0 Å². The quantitative estimate of drug-likeness (QED) is 0.435. The molecule has 2 aromatic rings. The average molecular weight is 250 g/mol. The second-order valence-corrected chi connectivity index (χ2v) is 3.65. The molecule has 0 aliphatic carbocycles. The molecule has 0 aliphatic rings. The average Bonchev–Trinajstić information content (AvgIpc) is 2.29. The predicted molar refractivity (Wildman–Crippen MR) is 63.8 cm³/mol. The normalized spacial score (nSPS) is 9.81. The maximum atomic E-state index is 7.06. The molecule has 0 N–H and O–H groups in total. The molecule has 1 heterocycles. The minimum atomic E-state index is 0.0382. The van der Waals surface area contributed by atoms with Crippen LogP contribution >= 0.6 is 23.2 Å². The maximum absolute atomic E-state index is 7.06. The van der Waals surface area contributed by atoms with Gasteiger partial charge in [0.15, 0.2) is 0 Å². The first-order valence-corrected chi connectivity index (χ1v) is 5.14. The summed E-state index contributed by atoms with van der Waals surface area (Å²) >= 11 is 11.6. The molecule has 78 valence electrons. The van der Waals surface area contributed by atoms with Crippen molar-refractivity contribution in [2.75, 3.05) is 0 Å². The zero-order valence-electron chi connectivity index (χ0n) is 7.98. The van der Waals surface area contributed by atoms with E-state index in [0.29, 0.717) is 5.69 Å². The summed E-state index contributed by atoms with van der Waals surface area (Å²) < 4.78 is 0. The summed E-state index contributed by atoms with van der Waals surface area (Å²) in [6.45, 7) is 7.06. The molecule has 0 fully saturated rings. The highest BCUT2D eigenvalue weighted by Gasteiger charge is 2.13. The van der Waals surface area contributed by atoms with E-state index >= 15 is 0 Å². The Hall–Kier alpha value is -1.63. The Morgan fingerprint density at radius 3 is 2.38 bits per heavy atom. The first-order chi connectivity index (χ1) is 7.72. The minimum absolute atomic E-state index is 0.0382. The monoisotopic (exact) mass is 249 g/mol. The molecule has 1 aromatic carbocycles. The van der Waals surface area contributed by atoms with Crippen LogP contribution in [-0.4, -0.2) is 9.97 Å². The van der Waals surface area contributed by atoms with E-state index in [1.807, 2.05) is 30.3 Å². The first-order valence-electron chi connectivity index (χ1n) is 4.38. The molecule has 0 atom stereocenters. The summed E-state index contributed by atoms with van der Waals surface area (Å²) in [6, 6.07) is 9.26. The van der Waals surface area contributed by atoms with Crippen LogP contribution in [0.4, 0.5) is 5.69 Å². The highest BCUT2D eigenvalue weighted by Crippen LogP contribution is 2.34. The second-order valence-electron chi connectivity index (χ2n) is 2.96. The summed E-state index contributed by atoms with van der Waals surface area (Å²) in [6.07, 6.45) is 0. The summed E-state index contributed by atoms with van der Waals surface area (Å²) in [7, 11) is 0. The van der Waals surface area contributed by atoms with Crippen molar-refractivity contribution in [3.05, 3.63) is 52.2 Å². The van der Waals surface area contributed by atoms with Crippen molar-refractivity contribution in [2.24, 2.45) is 0 Å². The Morgan fingerprint density at radius 1 is 1.06 bits per heavy atom. The summed E-state index contributed by atoms with van der Waals surface area (Å²) in [5.41, 5.74) is 1.47. The first kappa shape index (κ1) is 10.9. The van der Waals surface area contributed by atoms with Crippen molar-refractivity contribution >= 4 is 28.9 Å². The molecular weight excluding hydrogens is 245 g/mol. The van der Waals surface area contributed by atoms with Gasteiger partial charge in [-0.1, -0.05) is 41.9 Å². The Bertz CT molecular complexity index is 561. The van der Waals surface area contributed by atoms with Crippen LogP contribution in [-0.2, 0) is 0 Å². The van der Waals surface area contributed by atoms with Crippen molar-refractivity contribution in [3.8, 4) is 11.3 Å². The van der Waals surface area contributed by atoms with Gasteiger partial charge in [-0.3, -0.25) is 0 Å². The predicted octanol–water partition coefficient (Wildman–Crippen LogP) is 4.00. The van der Waals surface area contributed by atoms with Gasteiger partial charge >= 0.3 is 0 Å². The number of halogens is 2. The van der Waals surface area contributed by atoms with E-state index in [1.54, 1.807) is 0 Å². The van der Waals surface area contributed by atoms with E-state index < -0.39 is 0 Å². The van der Waals surface area contributed by atoms with Gasteiger partial charge in [0.2, 0.25) is 11.0 Å². The molecule has 0 amide bonds. The van der Waals surface area contributed by atoms with Crippen molar-refractivity contribution < 1.29 is 0 Å². The van der Waals surface area contributed by atoms with Gasteiger partial charge in [-0.15, -0.1) is 0 Å². The van der Waals surface area contributed by atoms with Crippen molar-refractivity contribution in [3.63, 3.8) is 0 Å². The number of benzene rings is 1. The van der Waals surface area contributed by atoms with E-state index in [9.17, 15) is 0 Å². The number of rotatable bonds is 1. The Morgan fingerprint density at radius 2 is 1.75 bits per heavy atom. The third kappa shape index (κ3) is 1.99. The van der Waals surface area contributed by atoms with Gasteiger partial charge in [-0.2, -0.15) is 0 Å². The summed E-state index contributed by atoms with van der Waals surface area (Å²) in [4.78, 5) is 11.1. The van der Waals surface area contributed by atoms with E-state index in [4.69, 9.17) is 29.8 Å². The minimum Gasteiger partial charge on any atom is -0.233 e. The van der Waals surface area contributed by atoms with Gasteiger partial charge in [-0.25, -0.2) is 14.8 Å². The molecule has 1 aromatic heterocycles. The van der Waals surface area contributed by atoms with Crippen molar-refractivity contribution in [1.82, 2.24) is 9.97 Å². The fourth-order valence-corrected chi connectivity index (χ4v) is 1.72. The van der Waals surface area contributed by atoms with Gasteiger partial charge in [0.25, 0.3) is 0 Å². The van der Waals surface area contributed by atoms with Gasteiger partial charge in [0.05, 0.1) is 12.3 Å². The van der Waals surface area contributed by atoms with E-state index in [2.05, 4.69) is 14.8 Å². The van der Waals surface area contributed by atoms with Crippen molar-refractivity contribution in [2.45, 2.75) is 0 Å². The zero-order chi connectivity index (χ0) is 11.5. The second kappa shape index (κ2) is 4.48. The summed E-state index contributed by atoms with van der Waals surface area (Å²) in [5, 5.41) is 0.116. The van der Waals surface area contributed by atoms with Gasteiger partial charge in [-0.05, 0) is 17.2 Å². The molecule has 2 rings (SSSR count). The third-order valence-corrected chi connectivity index (χ3v) is 2.41. The largest absolute Gasteiger partial charge is 0.249 e. The lowest BCUT2D eigenvalue weighted by atomic mass is 10.1. The molecule has 0 spiro atoms. The van der Waals surface area contributed by atoms with E-state index in [0.717, 1.165) is 5.56 Å². The molecule has 0 radical (unpaired) electrons. The Balaban J connectivity index is 2.70. The lowest BCUT2D eigenvalue weighted by Gasteiger charge is -2.04. The van der Waals surface area contributed by atoms with Crippen LogP contribution in [0.5, 0.6) is 0 Å². The van der Waals surface area contributed by atoms with Gasteiger partial charge < -0.3 is 0 Å². The highest BCUT2D eigenvalue weighted by molar-refractivity contribution is 6.34. The molecular formula is C11H5Cl2N3. The number of hydrogen-bond donors (Lipinski definition) is 0.